The van der Waals surface area contributed by atoms with Gasteiger partial charge < -0.3 is 5.32 Å². The molecule has 0 saturated carbocycles. The molecular weight excluding hydrogens is 254 g/mol. The lowest BCUT2D eigenvalue weighted by Gasteiger charge is -2.27. The zero-order valence-corrected chi connectivity index (χ0v) is 13.1. The van der Waals surface area contributed by atoms with Gasteiger partial charge in [0.2, 0.25) is 0 Å². The SMILES string of the molecule is CCCNC(CC1CCSCC1)c1ccnn1CC. The van der Waals surface area contributed by atoms with Gasteiger partial charge in [-0.2, -0.15) is 16.9 Å². The maximum absolute atomic E-state index is 4.43. The Morgan fingerprint density at radius 2 is 2.21 bits per heavy atom. The third-order valence-corrected chi connectivity index (χ3v) is 5.01. The third-order valence-electron chi connectivity index (χ3n) is 3.96. The van der Waals surface area contributed by atoms with Gasteiger partial charge in [0, 0.05) is 18.8 Å². The number of rotatable bonds is 7. The summed E-state index contributed by atoms with van der Waals surface area (Å²) in [6, 6.07) is 2.67. The summed E-state index contributed by atoms with van der Waals surface area (Å²) in [5, 5.41) is 8.16. The smallest absolute Gasteiger partial charge is 0.0553 e. The van der Waals surface area contributed by atoms with Crippen molar-refractivity contribution in [2.75, 3.05) is 18.1 Å². The molecular formula is C15H27N3S. The van der Waals surface area contributed by atoms with Gasteiger partial charge in [-0.25, -0.2) is 0 Å². The molecule has 2 rings (SSSR count). The van der Waals surface area contributed by atoms with E-state index in [-0.39, 0.29) is 0 Å². The lowest BCUT2D eigenvalue weighted by molar-refractivity contribution is 0.355. The van der Waals surface area contributed by atoms with Crippen molar-refractivity contribution >= 4 is 11.8 Å². The van der Waals surface area contributed by atoms with Gasteiger partial charge in [0.1, 0.15) is 0 Å². The molecule has 0 bridgehead atoms. The molecule has 0 aromatic carbocycles. The Kier molecular flexibility index (Phi) is 6.24. The zero-order chi connectivity index (χ0) is 13.5. The second-order valence-corrected chi connectivity index (χ2v) is 6.59. The van der Waals surface area contributed by atoms with Gasteiger partial charge in [0.15, 0.2) is 0 Å². The van der Waals surface area contributed by atoms with Gasteiger partial charge in [-0.3, -0.25) is 4.68 Å². The van der Waals surface area contributed by atoms with E-state index in [1.807, 2.05) is 6.20 Å². The number of nitrogens with zero attached hydrogens (tertiary/aromatic N) is 2. The van der Waals surface area contributed by atoms with Gasteiger partial charge in [-0.1, -0.05) is 6.92 Å². The highest BCUT2D eigenvalue weighted by Gasteiger charge is 2.22. The van der Waals surface area contributed by atoms with Crippen LogP contribution in [0, 0.1) is 5.92 Å². The fraction of sp³-hybridized carbons (Fsp3) is 0.800. The van der Waals surface area contributed by atoms with E-state index in [9.17, 15) is 0 Å². The van der Waals surface area contributed by atoms with Crippen molar-refractivity contribution < 1.29 is 0 Å². The summed E-state index contributed by atoms with van der Waals surface area (Å²) < 4.78 is 2.14. The van der Waals surface area contributed by atoms with Crippen molar-refractivity contribution in [1.82, 2.24) is 15.1 Å². The summed E-state index contributed by atoms with van der Waals surface area (Å²) in [6.07, 6.45) is 7.17. The fourth-order valence-corrected chi connectivity index (χ4v) is 4.05. The summed E-state index contributed by atoms with van der Waals surface area (Å²) in [5.41, 5.74) is 1.37. The van der Waals surface area contributed by atoms with Gasteiger partial charge in [-0.15, -0.1) is 0 Å². The van der Waals surface area contributed by atoms with E-state index in [2.05, 4.69) is 46.8 Å². The van der Waals surface area contributed by atoms with Crippen LogP contribution >= 0.6 is 11.8 Å². The zero-order valence-electron chi connectivity index (χ0n) is 12.3. The Hall–Kier alpha value is -0.480. The Bertz CT molecular complexity index is 358. The minimum Gasteiger partial charge on any atom is -0.309 e. The normalized spacial score (nSPS) is 18.6. The standard InChI is InChI=1S/C15H27N3S/c1-3-8-16-14(12-13-6-10-19-11-7-13)15-5-9-17-18(15)4-2/h5,9,13-14,16H,3-4,6-8,10-12H2,1-2H3. The number of hydrogen-bond acceptors (Lipinski definition) is 3. The molecule has 1 unspecified atom stereocenters. The molecule has 0 aliphatic carbocycles. The Labute approximate surface area is 121 Å². The molecule has 1 atom stereocenters. The number of aromatic nitrogens is 2. The summed E-state index contributed by atoms with van der Waals surface area (Å²) in [7, 11) is 0. The number of hydrogen-bond donors (Lipinski definition) is 1. The lowest BCUT2D eigenvalue weighted by Crippen LogP contribution is -2.28. The van der Waals surface area contributed by atoms with E-state index in [1.165, 1.54) is 42.9 Å². The first-order chi connectivity index (χ1) is 9.35. The van der Waals surface area contributed by atoms with Crippen molar-refractivity contribution in [3.63, 3.8) is 0 Å². The van der Waals surface area contributed by atoms with Crippen molar-refractivity contribution in [3.05, 3.63) is 18.0 Å². The largest absolute Gasteiger partial charge is 0.309 e. The van der Waals surface area contributed by atoms with Crippen LogP contribution in [-0.4, -0.2) is 27.8 Å². The van der Waals surface area contributed by atoms with Crippen molar-refractivity contribution in [1.29, 1.82) is 0 Å². The van der Waals surface area contributed by atoms with Gasteiger partial charge >= 0.3 is 0 Å². The lowest BCUT2D eigenvalue weighted by atomic mass is 9.92. The summed E-state index contributed by atoms with van der Waals surface area (Å²) >= 11 is 2.11. The van der Waals surface area contributed by atoms with Crippen LogP contribution in [0.25, 0.3) is 0 Å². The average Bonchev–Trinajstić information content (AvgIpc) is 2.93. The molecule has 19 heavy (non-hydrogen) atoms. The highest BCUT2D eigenvalue weighted by molar-refractivity contribution is 7.99. The Morgan fingerprint density at radius 1 is 1.42 bits per heavy atom. The highest BCUT2D eigenvalue weighted by atomic mass is 32.2. The molecule has 1 N–H and O–H groups in total. The van der Waals surface area contributed by atoms with Crippen LogP contribution in [0.5, 0.6) is 0 Å². The highest BCUT2D eigenvalue weighted by Crippen LogP contribution is 2.31. The van der Waals surface area contributed by atoms with Crippen LogP contribution in [0.15, 0.2) is 12.3 Å². The van der Waals surface area contributed by atoms with Crippen LogP contribution in [0.4, 0.5) is 0 Å². The maximum atomic E-state index is 4.43. The molecule has 2 heterocycles. The molecule has 1 aliphatic heterocycles. The van der Waals surface area contributed by atoms with Gasteiger partial charge in [0.25, 0.3) is 0 Å². The van der Waals surface area contributed by atoms with E-state index in [0.29, 0.717) is 6.04 Å². The van der Waals surface area contributed by atoms with E-state index in [1.54, 1.807) is 0 Å². The Morgan fingerprint density at radius 3 is 2.89 bits per heavy atom. The molecule has 0 spiro atoms. The maximum Gasteiger partial charge on any atom is 0.0553 e. The van der Waals surface area contributed by atoms with Gasteiger partial charge in [-0.05, 0) is 62.6 Å². The summed E-state index contributed by atoms with van der Waals surface area (Å²) in [6.45, 7) is 6.47. The first-order valence-corrected chi connectivity index (χ1v) is 8.83. The second kappa shape index (κ2) is 7.95. The minimum absolute atomic E-state index is 0.482. The summed E-state index contributed by atoms with van der Waals surface area (Å²) in [5.74, 6) is 3.58. The molecule has 1 aromatic rings. The monoisotopic (exact) mass is 281 g/mol. The second-order valence-electron chi connectivity index (χ2n) is 5.37. The predicted octanol–water partition coefficient (Wildman–Crippen LogP) is 3.48. The Balaban J connectivity index is 2.01. The molecule has 0 radical (unpaired) electrons. The van der Waals surface area contributed by atoms with Crippen LogP contribution in [0.3, 0.4) is 0 Å². The molecule has 0 amide bonds. The third kappa shape index (κ3) is 4.25. The number of aryl methyl sites for hydroxylation is 1. The fourth-order valence-electron chi connectivity index (χ4n) is 2.85. The van der Waals surface area contributed by atoms with Crippen LogP contribution < -0.4 is 5.32 Å². The average molecular weight is 281 g/mol. The number of thioether (sulfide) groups is 1. The molecule has 1 fully saturated rings. The molecule has 1 saturated heterocycles. The summed E-state index contributed by atoms with van der Waals surface area (Å²) in [4.78, 5) is 0. The predicted molar refractivity (Wildman–Crippen MR) is 83.6 cm³/mol. The molecule has 4 heteroatoms. The van der Waals surface area contributed by atoms with E-state index >= 15 is 0 Å². The first-order valence-electron chi connectivity index (χ1n) is 7.68. The van der Waals surface area contributed by atoms with Crippen molar-refractivity contribution in [2.24, 2.45) is 5.92 Å². The van der Waals surface area contributed by atoms with Crippen molar-refractivity contribution in [2.45, 2.75) is 52.1 Å². The van der Waals surface area contributed by atoms with E-state index in [0.717, 1.165) is 19.0 Å². The topological polar surface area (TPSA) is 29.9 Å². The van der Waals surface area contributed by atoms with Gasteiger partial charge in [0.05, 0.1) is 5.69 Å². The molecule has 108 valence electrons. The van der Waals surface area contributed by atoms with Crippen LogP contribution in [0.2, 0.25) is 0 Å². The minimum atomic E-state index is 0.482. The molecule has 1 aliphatic rings. The van der Waals surface area contributed by atoms with Crippen LogP contribution in [-0.2, 0) is 6.54 Å². The quantitative estimate of drug-likeness (QED) is 0.830. The van der Waals surface area contributed by atoms with Crippen LogP contribution in [0.1, 0.15) is 51.3 Å². The number of nitrogens with one attached hydrogen (secondary N) is 1. The van der Waals surface area contributed by atoms with Crippen molar-refractivity contribution in [3.8, 4) is 0 Å². The molecule has 3 nitrogen and oxygen atoms in total. The van der Waals surface area contributed by atoms with E-state index in [4.69, 9.17) is 0 Å². The molecule has 1 aromatic heterocycles. The first kappa shape index (κ1) is 14.9. The van der Waals surface area contributed by atoms with E-state index < -0.39 is 0 Å².